The zero-order chi connectivity index (χ0) is 11.4. The summed E-state index contributed by atoms with van der Waals surface area (Å²) in [5.74, 6) is 2.71. The molecule has 0 aromatic heterocycles. The number of carbonyl (C=O) groups is 1. The molecule has 0 aliphatic carbocycles. The molecule has 86 valence electrons. The largest absolute Gasteiger partial charge is 0.356 e. The Hall–Kier alpha value is -1.01. The van der Waals surface area contributed by atoms with Crippen molar-refractivity contribution >= 4 is 5.91 Å². The van der Waals surface area contributed by atoms with Crippen LogP contribution in [-0.4, -0.2) is 25.5 Å². The van der Waals surface area contributed by atoms with E-state index in [-0.39, 0.29) is 5.91 Å². The van der Waals surface area contributed by atoms with Crippen LogP contribution < -0.4 is 10.6 Å². The molecular weight excluding hydrogens is 188 g/mol. The van der Waals surface area contributed by atoms with Gasteiger partial charge < -0.3 is 10.6 Å². The minimum atomic E-state index is 0.142. The lowest BCUT2D eigenvalue weighted by molar-refractivity contribution is -0.121. The second-order valence-electron chi connectivity index (χ2n) is 3.47. The first-order chi connectivity index (χ1) is 7.31. The highest BCUT2D eigenvalue weighted by Crippen LogP contribution is 1.98. The Morgan fingerprint density at radius 2 is 2.07 bits per heavy atom. The lowest BCUT2D eigenvalue weighted by Gasteiger charge is -2.04. The fraction of sp³-hybridized carbons (Fsp3) is 0.750. The van der Waals surface area contributed by atoms with Crippen LogP contribution in [0.25, 0.3) is 0 Å². The van der Waals surface area contributed by atoms with Crippen LogP contribution in [0.5, 0.6) is 0 Å². The highest BCUT2D eigenvalue weighted by Gasteiger charge is 1.99. The number of hydrogen-bond acceptors (Lipinski definition) is 2. The second kappa shape index (κ2) is 11.1. The maximum Gasteiger partial charge on any atom is 0.219 e. The van der Waals surface area contributed by atoms with Gasteiger partial charge in [0.2, 0.25) is 5.91 Å². The van der Waals surface area contributed by atoms with Crippen molar-refractivity contribution in [2.45, 2.75) is 39.0 Å². The molecule has 0 rings (SSSR count). The van der Waals surface area contributed by atoms with E-state index in [0.29, 0.717) is 6.42 Å². The Morgan fingerprint density at radius 1 is 1.27 bits per heavy atom. The van der Waals surface area contributed by atoms with E-state index in [1.807, 2.05) is 0 Å². The summed E-state index contributed by atoms with van der Waals surface area (Å²) in [7, 11) is 0. The van der Waals surface area contributed by atoms with E-state index in [4.69, 9.17) is 6.42 Å². The predicted octanol–water partition coefficient (Wildman–Crippen LogP) is 1.30. The lowest BCUT2D eigenvalue weighted by atomic mass is 10.2. The minimum absolute atomic E-state index is 0.142. The number of unbranched alkanes of at least 4 members (excludes halogenated alkanes) is 2. The Bertz CT molecular complexity index is 196. The summed E-state index contributed by atoms with van der Waals surface area (Å²) in [6, 6.07) is 0. The highest BCUT2D eigenvalue weighted by molar-refractivity contribution is 5.75. The van der Waals surface area contributed by atoms with Crippen molar-refractivity contribution in [1.29, 1.82) is 0 Å². The molecule has 0 aliphatic heterocycles. The van der Waals surface area contributed by atoms with Crippen LogP contribution in [0.1, 0.15) is 39.0 Å². The molecule has 0 fully saturated rings. The van der Waals surface area contributed by atoms with Crippen LogP contribution in [0, 0.1) is 12.3 Å². The van der Waals surface area contributed by atoms with Crippen LogP contribution in [0.4, 0.5) is 0 Å². The van der Waals surface area contributed by atoms with Crippen molar-refractivity contribution in [3.05, 3.63) is 0 Å². The smallest absolute Gasteiger partial charge is 0.219 e. The molecule has 0 saturated heterocycles. The maximum absolute atomic E-state index is 11.3. The Kier molecular flexibility index (Phi) is 10.3. The zero-order valence-electron chi connectivity index (χ0n) is 9.64. The van der Waals surface area contributed by atoms with Crippen LogP contribution in [0.15, 0.2) is 0 Å². The average molecular weight is 210 g/mol. The second-order valence-corrected chi connectivity index (χ2v) is 3.47. The third kappa shape index (κ3) is 10.9. The van der Waals surface area contributed by atoms with Crippen molar-refractivity contribution in [2.75, 3.05) is 19.6 Å². The SMILES string of the molecule is C#CCCCCC(=O)NCCCNCC. The fourth-order valence-corrected chi connectivity index (χ4v) is 1.22. The van der Waals surface area contributed by atoms with Gasteiger partial charge in [-0.1, -0.05) is 6.92 Å². The normalized spacial score (nSPS) is 9.60. The topological polar surface area (TPSA) is 41.1 Å². The Labute approximate surface area is 93.0 Å². The van der Waals surface area contributed by atoms with Crippen molar-refractivity contribution in [3.63, 3.8) is 0 Å². The van der Waals surface area contributed by atoms with E-state index >= 15 is 0 Å². The Balaban J connectivity index is 3.16. The molecular formula is C12H22N2O. The van der Waals surface area contributed by atoms with Gasteiger partial charge in [0.1, 0.15) is 0 Å². The summed E-state index contributed by atoms with van der Waals surface area (Å²) in [5.41, 5.74) is 0. The number of nitrogens with one attached hydrogen (secondary N) is 2. The standard InChI is InChI=1S/C12H22N2O/c1-3-5-6-7-9-12(15)14-11-8-10-13-4-2/h1,13H,4-11H2,2H3,(H,14,15). The molecule has 0 saturated carbocycles. The monoisotopic (exact) mass is 210 g/mol. The quantitative estimate of drug-likeness (QED) is 0.445. The number of rotatable bonds is 9. The number of carbonyl (C=O) groups excluding carboxylic acids is 1. The van der Waals surface area contributed by atoms with Gasteiger partial charge in [0.25, 0.3) is 0 Å². The molecule has 15 heavy (non-hydrogen) atoms. The third-order valence-corrected chi connectivity index (χ3v) is 2.08. The molecule has 0 spiro atoms. The molecule has 0 aromatic rings. The van der Waals surface area contributed by atoms with Gasteiger partial charge >= 0.3 is 0 Å². The van der Waals surface area contributed by atoms with Gasteiger partial charge in [-0.2, -0.15) is 0 Å². The molecule has 0 bridgehead atoms. The van der Waals surface area contributed by atoms with Gasteiger partial charge in [-0.15, -0.1) is 12.3 Å². The molecule has 3 heteroatoms. The number of hydrogen-bond donors (Lipinski definition) is 2. The number of terminal acetylenes is 1. The summed E-state index contributed by atoms with van der Waals surface area (Å²) in [5, 5.41) is 6.10. The van der Waals surface area contributed by atoms with Gasteiger partial charge in [-0.05, 0) is 32.4 Å². The summed E-state index contributed by atoms with van der Waals surface area (Å²) >= 11 is 0. The van der Waals surface area contributed by atoms with Gasteiger partial charge in [0, 0.05) is 19.4 Å². The summed E-state index contributed by atoms with van der Waals surface area (Å²) in [6.07, 6.45) is 9.31. The first kappa shape index (κ1) is 14.0. The van der Waals surface area contributed by atoms with E-state index in [0.717, 1.165) is 45.3 Å². The fourth-order valence-electron chi connectivity index (χ4n) is 1.22. The van der Waals surface area contributed by atoms with Gasteiger partial charge in [-0.3, -0.25) is 4.79 Å². The maximum atomic E-state index is 11.3. The molecule has 0 atom stereocenters. The average Bonchev–Trinajstić information content (AvgIpc) is 2.24. The molecule has 3 nitrogen and oxygen atoms in total. The van der Waals surface area contributed by atoms with E-state index in [2.05, 4.69) is 23.5 Å². The number of amides is 1. The summed E-state index contributed by atoms with van der Waals surface area (Å²) in [6.45, 7) is 4.79. The van der Waals surface area contributed by atoms with Gasteiger partial charge in [0.15, 0.2) is 0 Å². The van der Waals surface area contributed by atoms with E-state index in [1.54, 1.807) is 0 Å². The van der Waals surface area contributed by atoms with Crippen LogP contribution in [0.2, 0.25) is 0 Å². The summed E-state index contributed by atoms with van der Waals surface area (Å²) in [4.78, 5) is 11.3. The highest BCUT2D eigenvalue weighted by atomic mass is 16.1. The lowest BCUT2D eigenvalue weighted by Crippen LogP contribution is -2.27. The minimum Gasteiger partial charge on any atom is -0.356 e. The molecule has 0 radical (unpaired) electrons. The van der Waals surface area contributed by atoms with E-state index < -0.39 is 0 Å². The summed E-state index contributed by atoms with van der Waals surface area (Å²) < 4.78 is 0. The van der Waals surface area contributed by atoms with E-state index in [1.165, 1.54) is 0 Å². The van der Waals surface area contributed by atoms with Gasteiger partial charge in [-0.25, -0.2) is 0 Å². The van der Waals surface area contributed by atoms with Crippen LogP contribution in [-0.2, 0) is 4.79 Å². The Morgan fingerprint density at radius 3 is 2.73 bits per heavy atom. The molecule has 0 heterocycles. The molecule has 0 aliphatic rings. The molecule has 0 unspecified atom stereocenters. The van der Waals surface area contributed by atoms with E-state index in [9.17, 15) is 4.79 Å². The van der Waals surface area contributed by atoms with Crippen molar-refractivity contribution in [3.8, 4) is 12.3 Å². The third-order valence-electron chi connectivity index (χ3n) is 2.08. The van der Waals surface area contributed by atoms with Crippen LogP contribution >= 0.6 is 0 Å². The van der Waals surface area contributed by atoms with Crippen molar-refractivity contribution < 1.29 is 4.79 Å². The van der Waals surface area contributed by atoms with Gasteiger partial charge in [0.05, 0.1) is 0 Å². The predicted molar refractivity (Wildman–Crippen MR) is 63.5 cm³/mol. The zero-order valence-corrected chi connectivity index (χ0v) is 9.64. The molecule has 2 N–H and O–H groups in total. The first-order valence-corrected chi connectivity index (χ1v) is 5.72. The molecule has 0 aromatic carbocycles. The molecule has 1 amide bonds. The van der Waals surface area contributed by atoms with Crippen molar-refractivity contribution in [2.24, 2.45) is 0 Å². The first-order valence-electron chi connectivity index (χ1n) is 5.72. The van der Waals surface area contributed by atoms with Crippen molar-refractivity contribution in [1.82, 2.24) is 10.6 Å². The van der Waals surface area contributed by atoms with Crippen LogP contribution in [0.3, 0.4) is 0 Å².